The molecule has 0 spiro atoms. The SMILES string of the molecule is CCC1(CC)C(=O)N(C)C(=O)N(C)C1Nc1ccc(OC)cc1. The van der Waals surface area contributed by atoms with Crippen molar-refractivity contribution >= 4 is 17.6 Å². The lowest BCUT2D eigenvalue weighted by atomic mass is 9.75. The number of nitrogens with zero attached hydrogens (tertiary/aromatic N) is 2. The smallest absolute Gasteiger partial charge is 0.327 e. The fourth-order valence-corrected chi connectivity index (χ4v) is 3.27. The Balaban J connectivity index is 2.37. The number of carbonyl (C=O) groups excluding carboxylic acids is 2. The first kappa shape index (κ1) is 17.1. The van der Waals surface area contributed by atoms with Crippen LogP contribution in [-0.4, -0.2) is 49.1 Å². The van der Waals surface area contributed by atoms with Crippen molar-refractivity contribution in [1.82, 2.24) is 9.80 Å². The average Bonchev–Trinajstić information content (AvgIpc) is 2.59. The van der Waals surface area contributed by atoms with Gasteiger partial charge in [-0.1, -0.05) is 13.8 Å². The van der Waals surface area contributed by atoms with Crippen molar-refractivity contribution in [1.29, 1.82) is 0 Å². The van der Waals surface area contributed by atoms with Gasteiger partial charge in [0.15, 0.2) is 0 Å². The number of hydrogen-bond acceptors (Lipinski definition) is 4. The van der Waals surface area contributed by atoms with Crippen molar-refractivity contribution < 1.29 is 14.3 Å². The maximum absolute atomic E-state index is 12.8. The molecule has 2 rings (SSSR count). The number of urea groups is 1. The summed E-state index contributed by atoms with van der Waals surface area (Å²) in [6.45, 7) is 3.98. The number of rotatable bonds is 5. The maximum Gasteiger partial charge on any atom is 0.327 e. The van der Waals surface area contributed by atoms with Gasteiger partial charge in [0, 0.05) is 19.8 Å². The lowest BCUT2D eigenvalue weighted by Crippen LogP contribution is -2.67. The molecule has 1 atom stereocenters. The first-order valence-corrected chi connectivity index (χ1v) is 7.86. The minimum atomic E-state index is -0.642. The van der Waals surface area contributed by atoms with Crippen LogP contribution in [0.2, 0.25) is 0 Å². The van der Waals surface area contributed by atoms with E-state index in [1.54, 1.807) is 26.1 Å². The summed E-state index contributed by atoms with van der Waals surface area (Å²) in [7, 11) is 4.89. The number of amides is 3. The fourth-order valence-electron chi connectivity index (χ4n) is 3.27. The van der Waals surface area contributed by atoms with Crippen LogP contribution in [0.5, 0.6) is 5.75 Å². The zero-order chi connectivity index (χ0) is 17.2. The van der Waals surface area contributed by atoms with E-state index in [1.807, 2.05) is 38.1 Å². The van der Waals surface area contributed by atoms with Gasteiger partial charge in [-0.3, -0.25) is 9.69 Å². The lowest BCUT2D eigenvalue weighted by Gasteiger charge is -2.49. The Hall–Kier alpha value is -2.24. The Morgan fingerprint density at radius 1 is 1.13 bits per heavy atom. The quantitative estimate of drug-likeness (QED) is 0.906. The molecule has 1 N–H and O–H groups in total. The fraction of sp³-hybridized carbons (Fsp3) is 0.529. The summed E-state index contributed by atoms with van der Waals surface area (Å²) < 4.78 is 5.16. The number of imide groups is 1. The average molecular weight is 319 g/mol. The predicted molar refractivity (Wildman–Crippen MR) is 89.3 cm³/mol. The number of ether oxygens (including phenoxy) is 1. The molecule has 0 radical (unpaired) electrons. The molecule has 1 aromatic carbocycles. The summed E-state index contributed by atoms with van der Waals surface area (Å²) in [6, 6.07) is 7.17. The summed E-state index contributed by atoms with van der Waals surface area (Å²) in [5, 5.41) is 3.36. The van der Waals surface area contributed by atoms with Crippen LogP contribution in [-0.2, 0) is 4.79 Å². The topological polar surface area (TPSA) is 61.9 Å². The summed E-state index contributed by atoms with van der Waals surface area (Å²) in [4.78, 5) is 27.9. The number of nitrogens with one attached hydrogen (secondary N) is 1. The first-order chi connectivity index (χ1) is 10.9. The van der Waals surface area contributed by atoms with Gasteiger partial charge in [0.25, 0.3) is 0 Å². The highest BCUT2D eigenvalue weighted by Gasteiger charge is 2.53. The second-order valence-electron chi connectivity index (χ2n) is 5.90. The van der Waals surface area contributed by atoms with E-state index in [9.17, 15) is 9.59 Å². The van der Waals surface area contributed by atoms with Gasteiger partial charge in [-0.2, -0.15) is 0 Å². The van der Waals surface area contributed by atoms with Crippen molar-refractivity contribution in [2.45, 2.75) is 32.9 Å². The lowest BCUT2D eigenvalue weighted by molar-refractivity contribution is -0.146. The zero-order valence-corrected chi connectivity index (χ0v) is 14.4. The van der Waals surface area contributed by atoms with Crippen LogP contribution in [0.4, 0.5) is 10.5 Å². The molecule has 1 aliphatic heterocycles. The van der Waals surface area contributed by atoms with E-state index < -0.39 is 5.41 Å². The van der Waals surface area contributed by atoms with Gasteiger partial charge >= 0.3 is 6.03 Å². The third kappa shape index (κ3) is 2.73. The van der Waals surface area contributed by atoms with Crippen molar-refractivity contribution in [2.75, 3.05) is 26.5 Å². The number of hydrogen-bond donors (Lipinski definition) is 1. The molecule has 1 heterocycles. The van der Waals surface area contributed by atoms with Crippen LogP contribution in [0.1, 0.15) is 26.7 Å². The van der Waals surface area contributed by atoms with Crippen LogP contribution in [0.25, 0.3) is 0 Å². The van der Waals surface area contributed by atoms with Gasteiger partial charge in [0.1, 0.15) is 11.9 Å². The predicted octanol–water partition coefficient (Wildman–Crippen LogP) is 2.76. The Kier molecular flexibility index (Phi) is 4.82. The van der Waals surface area contributed by atoms with Crippen LogP contribution in [0.15, 0.2) is 24.3 Å². The van der Waals surface area contributed by atoms with Crippen molar-refractivity contribution in [2.24, 2.45) is 5.41 Å². The number of methoxy groups -OCH3 is 1. The molecule has 0 saturated carbocycles. The molecule has 23 heavy (non-hydrogen) atoms. The summed E-state index contributed by atoms with van der Waals surface area (Å²) in [5.41, 5.74) is 0.205. The molecule has 1 saturated heterocycles. The molecule has 0 aromatic heterocycles. The minimum absolute atomic E-state index is 0.128. The Morgan fingerprint density at radius 3 is 2.17 bits per heavy atom. The van der Waals surface area contributed by atoms with Crippen molar-refractivity contribution in [3.05, 3.63) is 24.3 Å². The van der Waals surface area contributed by atoms with Crippen LogP contribution >= 0.6 is 0 Å². The number of carbonyl (C=O) groups is 2. The number of anilines is 1. The zero-order valence-electron chi connectivity index (χ0n) is 14.4. The molecule has 126 valence electrons. The highest BCUT2D eigenvalue weighted by atomic mass is 16.5. The molecule has 1 fully saturated rings. The molecular weight excluding hydrogens is 294 g/mol. The van der Waals surface area contributed by atoms with Gasteiger partial charge in [0.2, 0.25) is 5.91 Å². The van der Waals surface area contributed by atoms with Gasteiger partial charge in [-0.15, -0.1) is 0 Å². The summed E-state index contributed by atoms with van der Waals surface area (Å²) in [5.74, 6) is 0.633. The highest BCUT2D eigenvalue weighted by molar-refractivity contribution is 6.00. The highest BCUT2D eigenvalue weighted by Crippen LogP contribution is 2.39. The van der Waals surface area contributed by atoms with Crippen LogP contribution in [0.3, 0.4) is 0 Å². The van der Waals surface area contributed by atoms with E-state index in [2.05, 4.69) is 5.32 Å². The van der Waals surface area contributed by atoms with Crippen LogP contribution < -0.4 is 10.1 Å². The molecular formula is C17H25N3O3. The Labute approximate surface area is 137 Å². The summed E-state index contributed by atoms with van der Waals surface area (Å²) in [6.07, 6.45) is 0.915. The van der Waals surface area contributed by atoms with Gasteiger partial charge in [0.05, 0.1) is 12.5 Å². The van der Waals surface area contributed by atoms with Crippen molar-refractivity contribution in [3.8, 4) is 5.75 Å². The molecule has 0 bridgehead atoms. The first-order valence-electron chi connectivity index (χ1n) is 7.86. The molecule has 1 unspecified atom stereocenters. The van der Waals surface area contributed by atoms with E-state index in [0.717, 1.165) is 11.4 Å². The van der Waals surface area contributed by atoms with Crippen molar-refractivity contribution in [3.63, 3.8) is 0 Å². The molecule has 6 nitrogen and oxygen atoms in total. The van der Waals surface area contributed by atoms with Gasteiger partial charge in [-0.05, 0) is 37.1 Å². The Bertz CT molecular complexity index is 581. The minimum Gasteiger partial charge on any atom is -0.497 e. The normalized spacial score (nSPS) is 20.7. The second-order valence-corrected chi connectivity index (χ2v) is 5.90. The van der Waals surface area contributed by atoms with E-state index in [4.69, 9.17) is 4.74 Å². The third-order valence-corrected chi connectivity index (χ3v) is 4.89. The molecule has 6 heteroatoms. The molecule has 3 amide bonds. The molecule has 0 aliphatic carbocycles. The number of benzene rings is 1. The van der Waals surface area contributed by atoms with Crippen LogP contribution in [0, 0.1) is 5.41 Å². The second kappa shape index (κ2) is 6.48. The standard InChI is InChI=1S/C17H25N3O3/c1-6-17(7-2)14(19(3)16(22)20(4)15(17)21)18-12-8-10-13(23-5)11-9-12/h8-11,14,18H,6-7H2,1-5H3. The maximum atomic E-state index is 12.8. The van der Waals surface area contributed by atoms with Gasteiger partial charge < -0.3 is 15.0 Å². The van der Waals surface area contributed by atoms with E-state index in [-0.39, 0.29) is 18.1 Å². The molecule has 1 aromatic rings. The largest absolute Gasteiger partial charge is 0.497 e. The summed E-state index contributed by atoms with van der Waals surface area (Å²) >= 11 is 0. The third-order valence-electron chi connectivity index (χ3n) is 4.89. The van der Waals surface area contributed by atoms with E-state index in [0.29, 0.717) is 12.8 Å². The van der Waals surface area contributed by atoms with Gasteiger partial charge in [-0.25, -0.2) is 4.79 Å². The van der Waals surface area contributed by atoms with E-state index in [1.165, 1.54) is 4.90 Å². The Morgan fingerprint density at radius 2 is 1.70 bits per heavy atom. The van der Waals surface area contributed by atoms with E-state index >= 15 is 0 Å². The molecule has 1 aliphatic rings. The monoisotopic (exact) mass is 319 g/mol.